The summed E-state index contributed by atoms with van der Waals surface area (Å²) in [4.78, 5) is 24.3. The molecular formula is C34H42O7Si. The van der Waals surface area contributed by atoms with Gasteiger partial charge in [-0.3, -0.25) is 4.79 Å². The van der Waals surface area contributed by atoms with Crippen molar-refractivity contribution in [2.24, 2.45) is 11.8 Å². The molecule has 1 aliphatic carbocycles. The Balaban J connectivity index is 1.41. The van der Waals surface area contributed by atoms with Crippen molar-refractivity contribution < 1.29 is 32.6 Å². The maximum absolute atomic E-state index is 12.2. The van der Waals surface area contributed by atoms with Gasteiger partial charge in [0.05, 0.1) is 12.7 Å². The second kappa shape index (κ2) is 12.6. The minimum absolute atomic E-state index is 0.00630. The molecule has 1 aliphatic heterocycles. The van der Waals surface area contributed by atoms with Gasteiger partial charge in [-0.25, -0.2) is 4.79 Å². The Labute approximate surface area is 249 Å². The summed E-state index contributed by atoms with van der Waals surface area (Å²) in [6.45, 7) is 10.8. The van der Waals surface area contributed by atoms with Crippen molar-refractivity contribution in [3.63, 3.8) is 0 Å². The maximum Gasteiger partial charge on any atom is 0.374 e. The Morgan fingerprint density at radius 2 is 1.57 bits per heavy atom. The van der Waals surface area contributed by atoms with Gasteiger partial charge in [0.2, 0.25) is 5.76 Å². The van der Waals surface area contributed by atoms with Crippen LogP contribution in [0.2, 0.25) is 5.04 Å². The van der Waals surface area contributed by atoms with E-state index < -0.39 is 14.3 Å². The lowest BCUT2D eigenvalue weighted by atomic mass is 9.86. The molecular weight excluding hydrogens is 548 g/mol. The minimum atomic E-state index is -2.76. The van der Waals surface area contributed by atoms with E-state index in [1.165, 1.54) is 17.3 Å². The molecule has 8 heteroatoms. The number of benzene rings is 2. The second-order valence-electron chi connectivity index (χ2n) is 12.3. The van der Waals surface area contributed by atoms with Crippen LogP contribution >= 0.6 is 0 Å². The van der Waals surface area contributed by atoms with Gasteiger partial charge >= 0.3 is 11.9 Å². The lowest BCUT2D eigenvalue weighted by Crippen LogP contribution is -2.67. The summed E-state index contributed by atoms with van der Waals surface area (Å²) >= 11 is 0. The molecule has 5 rings (SSSR count). The van der Waals surface area contributed by atoms with Gasteiger partial charge in [0, 0.05) is 25.9 Å². The first-order valence-corrected chi connectivity index (χ1v) is 16.9. The van der Waals surface area contributed by atoms with E-state index in [4.69, 9.17) is 23.1 Å². The SMILES string of the molecule is CCOC(=O)c1ccc([C@H]2CC[C@@H]3[C@@H](CO[Si](c4ccccc4)(c4ccccc4)C(C)(C)C)[C@H](OC(C)=O)C[C@@H]3O2)o1. The molecule has 0 radical (unpaired) electrons. The number of rotatable bonds is 9. The third-order valence-electron chi connectivity index (χ3n) is 8.72. The number of esters is 2. The normalized spacial score (nSPS) is 24.2. The first-order chi connectivity index (χ1) is 20.1. The zero-order chi connectivity index (χ0) is 29.9. The van der Waals surface area contributed by atoms with Gasteiger partial charge in [-0.15, -0.1) is 0 Å². The topological polar surface area (TPSA) is 84.2 Å². The van der Waals surface area contributed by atoms with E-state index >= 15 is 0 Å². The highest BCUT2D eigenvalue weighted by Crippen LogP contribution is 2.48. The Morgan fingerprint density at radius 1 is 0.929 bits per heavy atom. The highest BCUT2D eigenvalue weighted by atomic mass is 28.4. The summed E-state index contributed by atoms with van der Waals surface area (Å²) in [6, 6.07) is 24.6. The Hall–Kier alpha value is -3.20. The number of fused-ring (bicyclic) bond motifs is 1. The number of carbonyl (C=O) groups is 2. The predicted octanol–water partition coefficient (Wildman–Crippen LogP) is 5.82. The number of hydrogen-bond acceptors (Lipinski definition) is 7. The third-order valence-corrected chi connectivity index (χ3v) is 13.7. The van der Waals surface area contributed by atoms with E-state index in [0.717, 1.165) is 12.8 Å². The van der Waals surface area contributed by atoms with E-state index in [1.807, 2.05) is 12.1 Å². The van der Waals surface area contributed by atoms with Crippen LogP contribution in [0.3, 0.4) is 0 Å². The number of hydrogen-bond donors (Lipinski definition) is 0. The van der Waals surface area contributed by atoms with Crippen molar-refractivity contribution in [1.82, 2.24) is 0 Å². The van der Waals surface area contributed by atoms with Gasteiger partial charge in [0.15, 0.2) is 0 Å². The first-order valence-electron chi connectivity index (χ1n) is 15.0. The molecule has 5 atom stereocenters. The smallest absolute Gasteiger partial charge is 0.374 e. The summed E-state index contributed by atoms with van der Waals surface area (Å²) in [5.41, 5.74) is 0. The highest BCUT2D eigenvalue weighted by Gasteiger charge is 2.54. The summed E-state index contributed by atoms with van der Waals surface area (Å²) < 4.78 is 30.7. The van der Waals surface area contributed by atoms with Crippen molar-refractivity contribution in [2.45, 2.75) is 77.2 Å². The lowest BCUT2D eigenvalue weighted by Gasteiger charge is -2.44. The fraction of sp³-hybridized carbons (Fsp3) is 0.471. The maximum atomic E-state index is 12.2. The quantitative estimate of drug-likeness (QED) is 0.229. The van der Waals surface area contributed by atoms with Crippen LogP contribution in [-0.2, 0) is 23.4 Å². The van der Waals surface area contributed by atoms with Gasteiger partial charge in [0.25, 0.3) is 8.32 Å². The lowest BCUT2D eigenvalue weighted by molar-refractivity contribution is -0.149. The number of furan rings is 1. The first kappa shape index (κ1) is 30.3. The molecule has 42 heavy (non-hydrogen) atoms. The molecule has 3 aromatic rings. The fourth-order valence-electron chi connectivity index (χ4n) is 6.92. The third kappa shape index (κ3) is 5.98. The van der Waals surface area contributed by atoms with Crippen molar-refractivity contribution in [3.05, 3.63) is 84.3 Å². The Morgan fingerprint density at radius 3 is 2.14 bits per heavy atom. The van der Waals surface area contributed by atoms with Crippen LogP contribution in [0.15, 0.2) is 77.2 Å². The van der Waals surface area contributed by atoms with Crippen LogP contribution in [0.25, 0.3) is 0 Å². The molecule has 0 unspecified atom stereocenters. The Bertz CT molecular complexity index is 1310. The zero-order valence-electron chi connectivity index (χ0n) is 25.2. The molecule has 2 fully saturated rings. The van der Waals surface area contributed by atoms with Gasteiger partial charge in [-0.1, -0.05) is 81.4 Å². The van der Waals surface area contributed by atoms with E-state index in [2.05, 4.69) is 69.3 Å². The van der Waals surface area contributed by atoms with Gasteiger partial charge in [0.1, 0.15) is 18.0 Å². The van der Waals surface area contributed by atoms with E-state index in [-0.39, 0.29) is 53.5 Å². The number of ether oxygens (including phenoxy) is 3. The van der Waals surface area contributed by atoms with Crippen molar-refractivity contribution in [2.75, 3.05) is 13.2 Å². The van der Waals surface area contributed by atoms with Gasteiger partial charge < -0.3 is 23.1 Å². The molecule has 2 aromatic carbocycles. The fourth-order valence-corrected chi connectivity index (χ4v) is 11.5. The summed E-state index contributed by atoms with van der Waals surface area (Å²) in [6.07, 6.45) is 1.51. The molecule has 0 bridgehead atoms. The molecule has 224 valence electrons. The summed E-state index contributed by atoms with van der Waals surface area (Å²) in [5, 5.41) is 2.28. The minimum Gasteiger partial charge on any atom is -0.462 e. The summed E-state index contributed by atoms with van der Waals surface area (Å²) in [7, 11) is -2.76. The monoisotopic (exact) mass is 590 g/mol. The highest BCUT2D eigenvalue weighted by molar-refractivity contribution is 6.99. The molecule has 0 N–H and O–H groups in total. The molecule has 1 saturated heterocycles. The van der Waals surface area contributed by atoms with Crippen LogP contribution in [0, 0.1) is 11.8 Å². The molecule has 0 amide bonds. The molecule has 0 spiro atoms. The van der Waals surface area contributed by atoms with Crippen LogP contribution < -0.4 is 10.4 Å². The van der Waals surface area contributed by atoms with E-state index in [0.29, 0.717) is 18.8 Å². The molecule has 7 nitrogen and oxygen atoms in total. The van der Waals surface area contributed by atoms with E-state index in [1.54, 1.807) is 19.1 Å². The molecule has 2 aliphatic rings. The standard InChI is InChI=1S/C34H42O7Si/c1-6-37-33(36)30-20-19-29(40-30)28-18-17-26-27(32(39-23(2)35)21-31(26)41-28)22-38-42(34(3,4)5,24-13-9-7-10-14-24)25-15-11-8-12-16-25/h7-16,19-20,26-28,31-32H,6,17-18,21-22H2,1-5H3/t26-,27-,28-,31+,32-/m1/s1. The van der Waals surface area contributed by atoms with E-state index in [9.17, 15) is 9.59 Å². The van der Waals surface area contributed by atoms with Crippen LogP contribution in [0.4, 0.5) is 0 Å². The number of carbonyl (C=O) groups excluding carboxylic acids is 2. The Kier molecular flexibility index (Phi) is 9.06. The molecule has 1 saturated carbocycles. The molecule has 1 aromatic heterocycles. The molecule has 2 heterocycles. The average molecular weight is 591 g/mol. The zero-order valence-corrected chi connectivity index (χ0v) is 26.2. The van der Waals surface area contributed by atoms with Gasteiger partial charge in [-0.05, 0) is 53.2 Å². The van der Waals surface area contributed by atoms with Crippen molar-refractivity contribution in [1.29, 1.82) is 0 Å². The largest absolute Gasteiger partial charge is 0.462 e. The van der Waals surface area contributed by atoms with Crippen molar-refractivity contribution in [3.8, 4) is 0 Å². The van der Waals surface area contributed by atoms with Crippen molar-refractivity contribution >= 4 is 30.6 Å². The predicted molar refractivity (Wildman–Crippen MR) is 162 cm³/mol. The van der Waals surface area contributed by atoms with Crippen LogP contribution in [0.5, 0.6) is 0 Å². The second-order valence-corrected chi connectivity index (χ2v) is 16.7. The van der Waals surface area contributed by atoms with Gasteiger partial charge in [-0.2, -0.15) is 0 Å². The van der Waals surface area contributed by atoms with Crippen LogP contribution in [-0.4, -0.2) is 45.7 Å². The van der Waals surface area contributed by atoms with Crippen LogP contribution in [0.1, 0.15) is 76.3 Å². The average Bonchev–Trinajstić information content (AvgIpc) is 3.59. The summed E-state index contributed by atoms with van der Waals surface area (Å²) in [5.74, 6) is 0.187.